The van der Waals surface area contributed by atoms with E-state index in [2.05, 4.69) is 16.0 Å². The first-order valence-electron chi connectivity index (χ1n) is 8.47. The van der Waals surface area contributed by atoms with Crippen LogP contribution >= 0.6 is 23.2 Å². The summed E-state index contributed by atoms with van der Waals surface area (Å²) < 4.78 is 0. The molecule has 1 unspecified atom stereocenters. The summed E-state index contributed by atoms with van der Waals surface area (Å²) in [5.74, 6) is -0.483. The molecule has 29 heavy (non-hydrogen) atoms. The zero-order valence-electron chi connectivity index (χ0n) is 15.4. The molecule has 10 heteroatoms. The summed E-state index contributed by atoms with van der Waals surface area (Å²) >= 11 is 12.0. The third-order valence-corrected chi connectivity index (χ3v) is 5.26. The van der Waals surface area contributed by atoms with E-state index in [-0.39, 0.29) is 16.3 Å². The van der Waals surface area contributed by atoms with Crippen LogP contribution in [0, 0.1) is 17.0 Å². The molecule has 3 N–H and O–H groups in total. The second kappa shape index (κ2) is 8.10. The minimum absolute atomic E-state index is 0.0414. The number of rotatable bonds is 4. The van der Waals surface area contributed by atoms with Gasteiger partial charge in [0, 0.05) is 22.5 Å². The van der Waals surface area contributed by atoms with Gasteiger partial charge in [-0.2, -0.15) is 0 Å². The van der Waals surface area contributed by atoms with Gasteiger partial charge in [-0.1, -0.05) is 35.3 Å². The highest BCUT2D eigenvalue weighted by Gasteiger charge is 2.32. The highest BCUT2D eigenvalue weighted by atomic mass is 35.5. The molecule has 0 bridgehead atoms. The number of nitro benzene ring substituents is 1. The highest BCUT2D eigenvalue weighted by Crippen LogP contribution is 2.33. The number of hydrogen-bond acceptors (Lipinski definition) is 4. The molecule has 1 aliphatic heterocycles. The van der Waals surface area contributed by atoms with E-state index in [1.165, 1.54) is 18.2 Å². The lowest BCUT2D eigenvalue weighted by molar-refractivity contribution is -0.384. The summed E-state index contributed by atoms with van der Waals surface area (Å²) in [6.07, 6.45) is 0. The Morgan fingerprint density at radius 2 is 1.90 bits per heavy atom. The number of nitrogens with zero attached hydrogens (tertiary/aromatic N) is 1. The monoisotopic (exact) mass is 434 g/mol. The second-order valence-corrected chi connectivity index (χ2v) is 7.22. The molecule has 0 aromatic heterocycles. The van der Waals surface area contributed by atoms with Crippen LogP contribution < -0.4 is 16.0 Å². The maximum atomic E-state index is 13.1. The molecule has 150 valence electrons. The van der Waals surface area contributed by atoms with Crippen LogP contribution in [-0.4, -0.2) is 16.9 Å². The topological polar surface area (TPSA) is 113 Å². The maximum absolute atomic E-state index is 13.1. The number of halogens is 2. The van der Waals surface area contributed by atoms with Crippen LogP contribution in [0.4, 0.5) is 16.2 Å². The van der Waals surface area contributed by atoms with Crippen LogP contribution in [0.2, 0.25) is 10.0 Å². The first-order valence-corrected chi connectivity index (χ1v) is 9.23. The number of allylic oxidation sites excluding steroid dienone is 1. The first kappa shape index (κ1) is 20.6. The van der Waals surface area contributed by atoms with E-state index < -0.39 is 22.9 Å². The summed E-state index contributed by atoms with van der Waals surface area (Å²) in [7, 11) is 0. The quantitative estimate of drug-likeness (QED) is 0.486. The fourth-order valence-electron chi connectivity index (χ4n) is 3.03. The lowest BCUT2D eigenvalue weighted by Crippen LogP contribution is -2.46. The Hall–Kier alpha value is -3.10. The zero-order valence-corrected chi connectivity index (χ0v) is 16.9. The van der Waals surface area contributed by atoms with Crippen LogP contribution in [0.3, 0.4) is 0 Å². The van der Waals surface area contributed by atoms with Gasteiger partial charge in [-0.25, -0.2) is 4.79 Å². The molecule has 1 heterocycles. The van der Waals surface area contributed by atoms with Gasteiger partial charge >= 0.3 is 6.03 Å². The smallest absolute Gasteiger partial charge is 0.319 e. The SMILES string of the molecule is CC1=C(C(=O)Nc2cccc(Cl)c2C)C(c2ccc(Cl)c([N+](=O)[O-])c2)NC(=O)N1. The molecule has 0 saturated heterocycles. The Morgan fingerprint density at radius 1 is 1.17 bits per heavy atom. The largest absolute Gasteiger partial charge is 0.327 e. The van der Waals surface area contributed by atoms with Crippen molar-refractivity contribution in [2.75, 3.05) is 5.32 Å². The van der Waals surface area contributed by atoms with Crippen molar-refractivity contribution < 1.29 is 14.5 Å². The molecule has 0 aliphatic carbocycles. The van der Waals surface area contributed by atoms with Crippen molar-refractivity contribution in [1.29, 1.82) is 0 Å². The van der Waals surface area contributed by atoms with Gasteiger partial charge in [-0.3, -0.25) is 14.9 Å². The molecule has 1 aliphatic rings. The van der Waals surface area contributed by atoms with Crippen LogP contribution in [-0.2, 0) is 4.79 Å². The molecular formula is C19H16Cl2N4O4. The van der Waals surface area contributed by atoms with Gasteiger partial charge < -0.3 is 16.0 Å². The second-order valence-electron chi connectivity index (χ2n) is 6.40. The molecule has 0 fully saturated rings. The Kier molecular flexibility index (Phi) is 5.76. The van der Waals surface area contributed by atoms with E-state index in [4.69, 9.17) is 23.2 Å². The van der Waals surface area contributed by atoms with Gasteiger partial charge in [-0.15, -0.1) is 0 Å². The molecule has 0 spiro atoms. The van der Waals surface area contributed by atoms with E-state index in [0.29, 0.717) is 27.5 Å². The predicted molar refractivity (Wildman–Crippen MR) is 110 cm³/mol. The third kappa shape index (κ3) is 4.18. The lowest BCUT2D eigenvalue weighted by Gasteiger charge is -2.28. The number of nitro groups is 1. The van der Waals surface area contributed by atoms with Gasteiger partial charge in [0.2, 0.25) is 0 Å². The van der Waals surface area contributed by atoms with E-state index in [0.717, 1.165) is 0 Å². The summed E-state index contributed by atoms with van der Waals surface area (Å²) in [6, 6.07) is 7.80. The van der Waals surface area contributed by atoms with Crippen LogP contribution in [0.15, 0.2) is 47.7 Å². The summed E-state index contributed by atoms with van der Waals surface area (Å²) in [5.41, 5.74) is 1.77. The summed E-state index contributed by atoms with van der Waals surface area (Å²) in [5, 5.41) is 19.6. The molecule has 0 radical (unpaired) electrons. The molecule has 2 aromatic rings. The van der Waals surface area contributed by atoms with Crippen molar-refractivity contribution in [1.82, 2.24) is 10.6 Å². The van der Waals surface area contributed by atoms with E-state index >= 15 is 0 Å². The third-order valence-electron chi connectivity index (χ3n) is 4.53. The van der Waals surface area contributed by atoms with Crippen molar-refractivity contribution in [3.05, 3.63) is 79.0 Å². The fraction of sp³-hybridized carbons (Fsp3) is 0.158. The highest BCUT2D eigenvalue weighted by molar-refractivity contribution is 6.32. The number of benzene rings is 2. The Morgan fingerprint density at radius 3 is 2.59 bits per heavy atom. The number of carbonyl (C=O) groups is 2. The first-order chi connectivity index (χ1) is 13.7. The van der Waals surface area contributed by atoms with Crippen LogP contribution in [0.5, 0.6) is 0 Å². The minimum Gasteiger partial charge on any atom is -0.327 e. The van der Waals surface area contributed by atoms with Gasteiger partial charge in [0.1, 0.15) is 5.02 Å². The van der Waals surface area contributed by atoms with Crippen molar-refractivity contribution >= 4 is 46.5 Å². The number of hydrogen-bond donors (Lipinski definition) is 3. The number of urea groups is 1. The molecule has 2 aromatic carbocycles. The van der Waals surface area contributed by atoms with E-state index in [1.807, 2.05) is 0 Å². The van der Waals surface area contributed by atoms with Gasteiger partial charge in [0.05, 0.1) is 16.5 Å². The molecule has 3 rings (SSSR count). The van der Waals surface area contributed by atoms with Crippen LogP contribution in [0.25, 0.3) is 0 Å². The zero-order chi connectivity index (χ0) is 21.3. The van der Waals surface area contributed by atoms with Gasteiger partial charge in [0.25, 0.3) is 11.6 Å². The van der Waals surface area contributed by atoms with Crippen molar-refractivity contribution in [3.8, 4) is 0 Å². The summed E-state index contributed by atoms with van der Waals surface area (Å²) in [6.45, 7) is 3.34. The molecule has 3 amide bonds. The van der Waals surface area contributed by atoms with Crippen LogP contribution in [0.1, 0.15) is 24.1 Å². The number of carbonyl (C=O) groups excluding carboxylic acids is 2. The number of amides is 3. The normalized spacial score (nSPS) is 16.1. The number of anilines is 1. The fourth-order valence-corrected chi connectivity index (χ4v) is 3.39. The Balaban J connectivity index is 2.02. The maximum Gasteiger partial charge on any atom is 0.319 e. The minimum atomic E-state index is -0.904. The molecule has 1 atom stereocenters. The standard InChI is InChI=1S/C19H16Cl2N4O4/c1-9-12(20)4-3-5-14(9)23-18(26)16-10(2)22-19(27)24-17(16)11-6-7-13(21)15(8-11)25(28)29/h3-8,17H,1-2H3,(H,23,26)(H2,22,24,27). The predicted octanol–water partition coefficient (Wildman–Crippen LogP) is 4.48. The Bertz CT molecular complexity index is 1070. The number of nitrogens with one attached hydrogen (secondary N) is 3. The van der Waals surface area contributed by atoms with Gasteiger partial charge in [0.15, 0.2) is 0 Å². The molecule has 8 nitrogen and oxygen atoms in total. The Labute approximate surface area is 176 Å². The average molecular weight is 435 g/mol. The van der Waals surface area contributed by atoms with Crippen molar-refractivity contribution in [2.24, 2.45) is 0 Å². The van der Waals surface area contributed by atoms with Crippen molar-refractivity contribution in [3.63, 3.8) is 0 Å². The lowest BCUT2D eigenvalue weighted by atomic mass is 9.94. The van der Waals surface area contributed by atoms with E-state index in [1.54, 1.807) is 32.0 Å². The van der Waals surface area contributed by atoms with E-state index in [9.17, 15) is 19.7 Å². The summed E-state index contributed by atoms with van der Waals surface area (Å²) in [4.78, 5) is 35.7. The van der Waals surface area contributed by atoms with Gasteiger partial charge in [-0.05, 0) is 43.2 Å². The molecular weight excluding hydrogens is 419 g/mol. The average Bonchev–Trinajstić information content (AvgIpc) is 2.64. The van der Waals surface area contributed by atoms with Crippen molar-refractivity contribution in [2.45, 2.75) is 19.9 Å². The molecule has 0 saturated carbocycles.